The molecule has 1 aromatic heterocycles. The van der Waals surface area contributed by atoms with E-state index in [4.69, 9.17) is 21.1 Å². The van der Waals surface area contributed by atoms with E-state index in [1.807, 2.05) is 24.1 Å². The zero-order chi connectivity index (χ0) is 27.5. The Balaban J connectivity index is 1.34. The molecular formula is C29H22ClN3O6. The van der Waals surface area contributed by atoms with Crippen molar-refractivity contribution in [1.29, 1.82) is 0 Å². The third kappa shape index (κ3) is 5.53. The number of aromatic carboxylic acids is 1. The summed E-state index contributed by atoms with van der Waals surface area (Å²) in [5, 5.41) is 13.0. The molecule has 10 heteroatoms. The predicted octanol–water partition coefficient (Wildman–Crippen LogP) is 5.46. The fourth-order valence-electron chi connectivity index (χ4n) is 4.03. The molecule has 0 saturated carbocycles. The van der Waals surface area contributed by atoms with Crippen LogP contribution in [0.4, 0.5) is 17.1 Å². The number of carbonyl (C=O) groups is 3. The minimum Gasteiger partial charge on any atom is -0.486 e. The van der Waals surface area contributed by atoms with Gasteiger partial charge in [-0.3, -0.25) is 14.6 Å². The molecule has 2 N–H and O–H groups in total. The molecule has 0 spiro atoms. The molecule has 0 atom stereocenters. The highest BCUT2D eigenvalue weighted by atomic mass is 35.5. The average Bonchev–Trinajstić information content (AvgIpc) is 2.96. The maximum Gasteiger partial charge on any atom is 0.337 e. The van der Waals surface area contributed by atoms with Gasteiger partial charge in [0.25, 0.3) is 5.91 Å². The fourth-order valence-corrected chi connectivity index (χ4v) is 4.16. The second-order valence-electron chi connectivity index (χ2n) is 8.64. The molecule has 0 radical (unpaired) electrons. The number of nitrogens with one attached hydrogen (secondary N) is 1. The number of rotatable bonds is 7. The van der Waals surface area contributed by atoms with Crippen LogP contribution in [0.1, 0.15) is 36.8 Å². The summed E-state index contributed by atoms with van der Waals surface area (Å²) in [6.07, 6.45) is 1.56. The predicted molar refractivity (Wildman–Crippen MR) is 146 cm³/mol. The van der Waals surface area contributed by atoms with Crippen LogP contribution in [-0.2, 0) is 0 Å². The van der Waals surface area contributed by atoms with E-state index in [1.165, 1.54) is 24.3 Å². The Hall–Kier alpha value is -4.89. The van der Waals surface area contributed by atoms with Crippen molar-refractivity contribution in [2.24, 2.45) is 0 Å². The van der Waals surface area contributed by atoms with Crippen LogP contribution in [-0.4, -0.2) is 48.0 Å². The van der Waals surface area contributed by atoms with Crippen LogP contribution in [0.3, 0.4) is 0 Å². The molecule has 3 aromatic carbocycles. The zero-order valence-corrected chi connectivity index (χ0v) is 21.4. The Kier molecular flexibility index (Phi) is 7.16. The summed E-state index contributed by atoms with van der Waals surface area (Å²) < 4.78 is 11.0. The number of ketones is 1. The molecule has 0 bridgehead atoms. The highest BCUT2D eigenvalue weighted by molar-refractivity contribution is 6.30. The van der Waals surface area contributed by atoms with Gasteiger partial charge in [-0.25, -0.2) is 4.79 Å². The minimum absolute atomic E-state index is 0.0480. The first-order valence-electron chi connectivity index (χ1n) is 11.9. The van der Waals surface area contributed by atoms with Crippen LogP contribution in [0.25, 0.3) is 0 Å². The average molecular weight is 544 g/mol. The Morgan fingerprint density at radius 1 is 0.872 bits per heavy atom. The van der Waals surface area contributed by atoms with Crippen LogP contribution in [0.2, 0.25) is 5.02 Å². The lowest BCUT2D eigenvalue weighted by molar-refractivity contribution is 0.0698. The zero-order valence-electron chi connectivity index (χ0n) is 20.7. The number of halogens is 1. The summed E-state index contributed by atoms with van der Waals surface area (Å²) in [6, 6.07) is 19.4. The molecule has 5 rings (SSSR count). The van der Waals surface area contributed by atoms with Gasteiger partial charge in [0.05, 0.1) is 23.1 Å². The maximum absolute atomic E-state index is 13.1. The summed E-state index contributed by atoms with van der Waals surface area (Å²) in [4.78, 5) is 44.1. The van der Waals surface area contributed by atoms with Crippen molar-refractivity contribution < 1.29 is 29.0 Å². The van der Waals surface area contributed by atoms with Gasteiger partial charge in [-0.1, -0.05) is 11.6 Å². The number of fused-ring (bicyclic) bond motifs is 1. The van der Waals surface area contributed by atoms with Gasteiger partial charge in [-0.05, 0) is 72.8 Å². The number of carboxylic acid groups (broad SMARTS) is 1. The summed E-state index contributed by atoms with van der Waals surface area (Å²) in [5.74, 6) is -1.31. The van der Waals surface area contributed by atoms with Crippen LogP contribution in [0.15, 0.2) is 79.0 Å². The molecular weight excluding hydrogens is 522 g/mol. The minimum atomic E-state index is -1.30. The smallest absolute Gasteiger partial charge is 0.337 e. The molecule has 9 nitrogen and oxygen atoms in total. The maximum atomic E-state index is 13.1. The Labute approximate surface area is 228 Å². The fraction of sp³-hybridized carbons (Fsp3) is 0.103. The monoisotopic (exact) mass is 543 g/mol. The van der Waals surface area contributed by atoms with E-state index in [0.717, 1.165) is 11.4 Å². The van der Waals surface area contributed by atoms with Gasteiger partial charge in [0.2, 0.25) is 5.78 Å². The highest BCUT2D eigenvalue weighted by Gasteiger charge is 2.20. The van der Waals surface area contributed by atoms with Gasteiger partial charge in [0.1, 0.15) is 18.9 Å². The first-order valence-corrected chi connectivity index (χ1v) is 12.3. The van der Waals surface area contributed by atoms with Crippen molar-refractivity contribution >= 4 is 46.3 Å². The number of carbonyl (C=O) groups excluding carboxylic acids is 2. The summed E-state index contributed by atoms with van der Waals surface area (Å²) >= 11 is 5.96. The topological polar surface area (TPSA) is 118 Å². The van der Waals surface area contributed by atoms with E-state index in [2.05, 4.69) is 10.3 Å². The van der Waals surface area contributed by atoms with Gasteiger partial charge >= 0.3 is 5.97 Å². The van der Waals surface area contributed by atoms with Crippen molar-refractivity contribution in [2.45, 2.75) is 0 Å². The molecule has 2 heterocycles. The summed E-state index contributed by atoms with van der Waals surface area (Å²) in [5.41, 5.74) is 1.99. The summed E-state index contributed by atoms with van der Waals surface area (Å²) in [6.45, 7) is 0.791. The SMILES string of the molecule is CN(c1ccc(Cl)cc1)c1ccc(C(=O)c2ccc(NC(=O)c3ccc4c(c3)OCCO4)c(C(=O)O)c2)nc1. The third-order valence-corrected chi connectivity index (χ3v) is 6.40. The lowest BCUT2D eigenvalue weighted by atomic mass is 10.0. The lowest BCUT2D eigenvalue weighted by Gasteiger charge is -2.19. The van der Waals surface area contributed by atoms with Gasteiger partial charge in [-0.2, -0.15) is 0 Å². The Morgan fingerprint density at radius 2 is 1.56 bits per heavy atom. The van der Waals surface area contributed by atoms with Crippen molar-refractivity contribution in [3.05, 3.63) is 106 Å². The molecule has 0 unspecified atom stereocenters. The first kappa shape index (κ1) is 25.7. The largest absolute Gasteiger partial charge is 0.486 e. The Bertz CT molecular complexity index is 1570. The van der Waals surface area contributed by atoms with E-state index < -0.39 is 17.7 Å². The van der Waals surface area contributed by atoms with Gasteiger partial charge in [0.15, 0.2) is 11.5 Å². The number of hydrogen-bond acceptors (Lipinski definition) is 7. The normalized spacial score (nSPS) is 11.9. The van der Waals surface area contributed by atoms with Crippen molar-refractivity contribution in [1.82, 2.24) is 4.98 Å². The van der Waals surface area contributed by atoms with Crippen molar-refractivity contribution in [3.8, 4) is 11.5 Å². The second-order valence-corrected chi connectivity index (χ2v) is 9.08. The number of amides is 1. The van der Waals surface area contributed by atoms with Crippen LogP contribution in [0, 0.1) is 0 Å². The number of hydrogen-bond donors (Lipinski definition) is 2. The molecule has 1 aliphatic heterocycles. The van der Waals surface area contributed by atoms with Crippen LogP contribution in [0.5, 0.6) is 11.5 Å². The molecule has 1 aliphatic rings. The summed E-state index contributed by atoms with van der Waals surface area (Å²) in [7, 11) is 1.86. The third-order valence-electron chi connectivity index (χ3n) is 6.15. The van der Waals surface area contributed by atoms with Crippen LogP contribution < -0.4 is 19.7 Å². The van der Waals surface area contributed by atoms with Gasteiger partial charge < -0.3 is 24.8 Å². The molecule has 196 valence electrons. The number of anilines is 3. The molecule has 0 fully saturated rings. The van der Waals surface area contributed by atoms with Crippen molar-refractivity contribution in [2.75, 3.05) is 30.5 Å². The van der Waals surface area contributed by atoms with E-state index >= 15 is 0 Å². The van der Waals surface area contributed by atoms with Crippen LogP contribution >= 0.6 is 11.6 Å². The van der Waals surface area contributed by atoms with Crippen molar-refractivity contribution in [3.63, 3.8) is 0 Å². The van der Waals surface area contributed by atoms with E-state index in [1.54, 1.807) is 42.6 Å². The Morgan fingerprint density at radius 3 is 2.26 bits per heavy atom. The lowest BCUT2D eigenvalue weighted by Crippen LogP contribution is -2.18. The number of pyridine rings is 1. The number of carboxylic acids is 1. The second kappa shape index (κ2) is 10.8. The van der Waals surface area contributed by atoms with E-state index in [-0.39, 0.29) is 28.1 Å². The number of nitrogens with zero attached hydrogens (tertiary/aromatic N) is 2. The number of benzene rings is 3. The number of ether oxygens (including phenoxy) is 2. The first-order chi connectivity index (χ1) is 18.8. The van der Waals surface area contributed by atoms with E-state index in [9.17, 15) is 19.5 Å². The van der Waals surface area contributed by atoms with E-state index in [0.29, 0.717) is 29.7 Å². The van der Waals surface area contributed by atoms with Gasteiger partial charge in [-0.15, -0.1) is 0 Å². The highest BCUT2D eigenvalue weighted by Crippen LogP contribution is 2.31. The standard InChI is InChI=1S/C29H22ClN3O6/c1-33(20-6-4-19(30)5-7-20)21-8-10-24(31-16-21)27(34)17-2-9-23(22(14-17)29(36)37)32-28(35)18-3-11-25-26(15-18)39-13-12-38-25/h2-11,14-16H,12-13H2,1H3,(H,32,35)(H,36,37). The molecule has 4 aromatic rings. The molecule has 1 amide bonds. The quantitative estimate of drug-likeness (QED) is 0.295. The number of aromatic nitrogens is 1. The molecule has 39 heavy (non-hydrogen) atoms. The molecule has 0 aliphatic carbocycles. The molecule has 0 saturated heterocycles. The van der Waals surface area contributed by atoms with Gasteiger partial charge in [0, 0.05) is 28.9 Å².